The van der Waals surface area contributed by atoms with Gasteiger partial charge in [0, 0.05) is 11.1 Å². The fourth-order valence-corrected chi connectivity index (χ4v) is 2.51. The Morgan fingerprint density at radius 1 is 0.920 bits per heavy atom. The molecule has 0 saturated carbocycles. The Morgan fingerprint density at radius 3 is 2.40 bits per heavy atom. The van der Waals surface area contributed by atoms with Crippen LogP contribution in [0, 0.1) is 0 Å². The minimum absolute atomic E-state index is 0.117. The summed E-state index contributed by atoms with van der Waals surface area (Å²) in [7, 11) is 0. The SMILES string of the molecule is O=C(N/N=C/c1ccccc1C(F)(F)F)c1cccc2ccccc12. The van der Waals surface area contributed by atoms with Crippen LogP contribution >= 0.6 is 0 Å². The van der Waals surface area contributed by atoms with Crippen LogP contribution in [-0.4, -0.2) is 12.1 Å². The second-order valence-corrected chi connectivity index (χ2v) is 5.31. The highest BCUT2D eigenvalue weighted by Gasteiger charge is 2.32. The maximum atomic E-state index is 12.9. The molecule has 0 radical (unpaired) electrons. The van der Waals surface area contributed by atoms with Crippen LogP contribution in [0.5, 0.6) is 0 Å². The molecule has 0 atom stereocenters. The summed E-state index contributed by atoms with van der Waals surface area (Å²) >= 11 is 0. The summed E-state index contributed by atoms with van der Waals surface area (Å²) in [4.78, 5) is 12.3. The fraction of sp³-hybridized carbons (Fsp3) is 0.0526. The summed E-state index contributed by atoms with van der Waals surface area (Å²) in [5.74, 6) is -0.488. The molecule has 6 heteroatoms. The number of nitrogens with zero attached hydrogens (tertiary/aromatic N) is 1. The van der Waals surface area contributed by atoms with Crippen LogP contribution < -0.4 is 5.43 Å². The molecule has 0 aliphatic carbocycles. The van der Waals surface area contributed by atoms with E-state index in [1.165, 1.54) is 18.2 Å². The van der Waals surface area contributed by atoms with Crippen molar-refractivity contribution in [3.8, 4) is 0 Å². The molecule has 0 unspecified atom stereocenters. The van der Waals surface area contributed by atoms with Gasteiger partial charge < -0.3 is 0 Å². The molecule has 0 heterocycles. The van der Waals surface area contributed by atoms with Crippen LogP contribution in [0.15, 0.2) is 71.8 Å². The Kier molecular flexibility index (Phi) is 4.52. The van der Waals surface area contributed by atoms with Crippen LogP contribution in [0.2, 0.25) is 0 Å². The zero-order chi connectivity index (χ0) is 17.9. The summed E-state index contributed by atoms with van der Waals surface area (Å²) < 4.78 is 38.8. The lowest BCUT2D eigenvalue weighted by molar-refractivity contribution is -0.137. The van der Waals surface area contributed by atoms with Crippen LogP contribution in [0.3, 0.4) is 0 Å². The first-order chi connectivity index (χ1) is 12.0. The van der Waals surface area contributed by atoms with Crippen LogP contribution in [0.4, 0.5) is 13.2 Å². The molecule has 0 saturated heterocycles. The zero-order valence-electron chi connectivity index (χ0n) is 12.9. The molecule has 3 aromatic carbocycles. The molecule has 126 valence electrons. The van der Waals surface area contributed by atoms with Gasteiger partial charge >= 0.3 is 6.18 Å². The summed E-state index contributed by atoms with van der Waals surface area (Å²) in [6.07, 6.45) is -3.49. The molecule has 0 aromatic heterocycles. The molecular weight excluding hydrogens is 329 g/mol. The van der Waals surface area contributed by atoms with Crippen molar-refractivity contribution in [2.45, 2.75) is 6.18 Å². The molecule has 25 heavy (non-hydrogen) atoms. The van der Waals surface area contributed by atoms with Crippen molar-refractivity contribution in [2.24, 2.45) is 5.10 Å². The minimum Gasteiger partial charge on any atom is -0.267 e. The van der Waals surface area contributed by atoms with Crippen molar-refractivity contribution in [3.05, 3.63) is 83.4 Å². The van der Waals surface area contributed by atoms with E-state index in [2.05, 4.69) is 10.5 Å². The van der Waals surface area contributed by atoms with Gasteiger partial charge in [-0.15, -0.1) is 0 Å². The van der Waals surface area contributed by atoms with Crippen molar-refractivity contribution in [1.29, 1.82) is 0 Å². The summed E-state index contributed by atoms with van der Waals surface area (Å²) in [6, 6.07) is 17.6. The molecule has 0 aliphatic heterocycles. The van der Waals surface area contributed by atoms with E-state index in [1.54, 1.807) is 18.2 Å². The quantitative estimate of drug-likeness (QED) is 0.547. The topological polar surface area (TPSA) is 41.5 Å². The largest absolute Gasteiger partial charge is 0.417 e. The highest BCUT2D eigenvalue weighted by molar-refractivity contribution is 6.07. The number of alkyl halides is 3. The van der Waals surface area contributed by atoms with Gasteiger partial charge in [-0.25, -0.2) is 5.43 Å². The molecule has 1 amide bonds. The zero-order valence-corrected chi connectivity index (χ0v) is 12.9. The molecule has 1 N–H and O–H groups in total. The van der Waals surface area contributed by atoms with Crippen molar-refractivity contribution in [1.82, 2.24) is 5.43 Å². The molecule has 3 rings (SSSR count). The van der Waals surface area contributed by atoms with E-state index in [1.807, 2.05) is 24.3 Å². The van der Waals surface area contributed by atoms with Gasteiger partial charge in [-0.1, -0.05) is 54.6 Å². The second kappa shape index (κ2) is 6.76. The number of amides is 1. The lowest BCUT2D eigenvalue weighted by atomic mass is 10.0. The Balaban J connectivity index is 1.82. The summed E-state index contributed by atoms with van der Waals surface area (Å²) in [6.45, 7) is 0. The molecule has 0 fully saturated rings. The standard InChI is InChI=1S/C19H13F3N2O/c20-19(21,22)17-11-4-2-7-14(17)12-23-24-18(25)16-10-5-8-13-6-1-3-9-15(13)16/h1-12H,(H,24,25)/b23-12+. The maximum absolute atomic E-state index is 12.9. The average Bonchev–Trinajstić information content (AvgIpc) is 2.60. The first-order valence-corrected chi connectivity index (χ1v) is 7.44. The number of halogens is 3. The lowest BCUT2D eigenvalue weighted by Crippen LogP contribution is -2.18. The third-order valence-electron chi connectivity index (χ3n) is 3.67. The molecule has 3 nitrogen and oxygen atoms in total. The first kappa shape index (κ1) is 16.7. The van der Waals surface area contributed by atoms with E-state index >= 15 is 0 Å². The Bertz CT molecular complexity index is 943. The van der Waals surface area contributed by atoms with Gasteiger partial charge in [-0.2, -0.15) is 18.3 Å². The van der Waals surface area contributed by atoms with Crippen molar-refractivity contribution >= 4 is 22.9 Å². The number of rotatable bonds is 3. The van der Waals surface area contributed by atoms with E-state index in [0.29, 0.717) is 5.56 Å². The Hall–Kier alpha value is -3.15. The second-order valence-electron chi connectivity index (χ2n) is 5.31. The summed E-state index contributed by atoms with van der Waals surface area (Å²) in [5.41, 5.74) is 1.76. The maximum Gasteiger partial charge on any atom is 0.417 e. The van der Waals surface area contributed by atoms with Gasteiger partial charge in [0.25, 0.3) is 5.91 Å². The number of benzene rings is 3. The Morgan fingerprint density at radius 2 is 1.60 bits per heavy atom. The van der Waals surface area contributed by atoms with Gasteiger partial charge in [0.1, 0.15) is 0 Å². The molecule has 3 aromatic rings. The monoisotopic (exact) mass is 342 g/mol. The van der Waals surface area contributed by atoms with Gasteiger partial charge in [-0.05, 0) is 22.9 Å². The normalized spacial score (nSPS) is 11.8. The van der Waals surface area contributed by atoms with Gasteiger partial charge in [-0.3, -0.25) is 4.79 Å². The third kappa shape index (κ3) is 3.68. The van der Waals surface area contributed by atoms with Gasteiger partial charge in [0.15, 0.2) is 0 Å². The molecule has 0 spiro atoms. The molecule has 0 bridgehead atoms. The predicted molar refractivity (Wildman–Crippen MR) is 90.5 cm³/mol. The van der Waals surface area contributed by atoms with Crippen molar-refractivity contribution in [3.63, 3.8) is 0 Å². The number of fused-ring (bicyclic) bond motifs is 1. The van der Waals surface area contributed by atoms with E-state index in [0.717, 1.165) is 23.1 Å². The number of hydrogen-bond donors (Lipinski definition) is 1. The predicted octanol–water partition coefficient (Wildman–Crippen LogP) is 4.62. The number of nitrogens with one attached hydrogen (secondary N) is 1. The van der Waals surface area contributed by atoms with Gasteiger partial charge in [0.05, 0.1) is 11.8 Å². The highest BCUT2D eigenvalue weighted by Crippen LogP contribution is 2.31. The van der Waals surface area contributed by atoms with Crippen molar-refractivity contribution < 1.29 is 18.0 Å². The molecule has 0 aliphatic rings. The first-order valence-electron chi connectivity index (χ1n) is 7.44. The highest BCUT2D eigenvalue weighted by atomic mass is 19.4. The third-order valence-corrected chi connectivity index (χ3v) is 3.67. The van der Waals surface area contributed by atoms with Crippen LogP contribution in [0.1, 0.15) is 21.5 Å². The number of carbonyl (C=O) groups is 1. The Labute approximate surface area is 141 Å². The number of hydrazone groups is 1. The van der Waals surface area contributed by atoms with E-state index < -0.39 is 17.6 Å². The fourth-order valence-electron chi connectivity index (χ4n) is 2.51. The number of hydrogen-bond acceptors (Lipinski definition) is 2. The smallest absolute Gasteiger partial charge is 0.267 e. The van der Waals surface area contributed by atoms with E-state index in [4.69, 9.17) is 0 Å². The minimum atomic E-state index is -4.48. The lowest BCUT2D eigenvalue weighted by Gasteiger charge is -2.09. The average molecular weight is 342 g/mol. The summed E-state index contributed by atoms with van der Waals surface area (Å²) in [5, 5.41) is 5.31. The van der Waals surface area contributed by atoms with E-state index in [9.17, 15) is 18.0 Å². The van der Waals surface area contributed by atoms with Crippen LogP contribution in [-0.2, 0) is 6.18 Å². The molecular formula is C19H13F3N2O. The van der Waals surface area contributed by atoms with Gasteiger partial charge in [0.2, 0.25) is 0 Å². The number of carbonyl (C=O) groups excluding carboxylic acids is 1. The van der Waals surface area contributed by atoms with Crippen LogP contribution in [0.25, 0.3) is 10.8 Å². The van der Waals surface area contributed by atoms with Crippen molar-refractivity contribution in [2.75, 3.05) is 0 Å². The van der Waals surface area contributed by atoms with E-state index in [-0.39, 0.29) is 5.56 Å².